The van der Waals surface area contributed by atoms with Crippen LogP contribution in [-0.2, 0) is 11.3 Å². The largest absolute Gasteiger partial charge is 0.493 e. The third kappa shape index (κ3) is 3.55. The number of rotatable bonds is 6. The third-order valence-corrected chi connectivity index (χ3v) is 4.33. The fourth-order valence-corrected chi connectivity index (χ4v) is 3.06. The van der Waals surface area contributed by atoms with Crippen molar-refractivity contribution < 1.29 is 9.53 Å². The van der Waals surface area contributed by atoms with Gasteiger partial charge in [-0.25, -0.2) is 10.1 Å². The number of ether oxygens (including phenoxy) is 1. The van der Waals surface area contributed by atoms with Gasteiger partial charge in [-0.2, -0.15) is 5.10 Å². The first-order valence-corrected chi connectivity index (χ1v) is 9.01. The van der Waals surface area contributed by atoms with E-state index < -0.39 is 0 Å². The van der Waals surface area contributed by atoms with E-state index >= 15 is 0 Å². The number of benzene rings is 3. The molecule has 0 aliphatic rings. The highest BCUT2D eigenvalue weighted by Crippen LogP contribution is 2.26. The van der Waals surface area contributed by atoms with E-state index in [0.717, 1.165) is 33.1 Å². The quantitative estimate of drug-likeness (QED) is 0.416. The molecule has 0 fully saturated rings. The second-order valence-corrected chi connectivity index (χ2v) is 6.16. The van der Waals surface area contributed by atoms with Gasteiger partial charge in [-0.3, -0.25) is 4.79 Å². The minimum Gasteiger partial charge on any atom is -0.493 e. The number of fused-ring (bicyclic) bond motifs is 2. The summed E-state index contributed by atoms with van der Waals surface area (Å²) in [5.74, 6) is 0.437. The van der Waals surface area contributed by atoms with Gasteiger partial charge in [-0.1, -0.05) is 47.7 Å². The van der Waals surface area contributed by atoms with Crippen molar-refractivity contribution in [3.63, 3.8) is 0 Å². The number of hydrogen-bond donors (Lipinski definition) is 1. The van der Waals surface area contributed by atoms with Gasteiger partial charge in [0, 0.05) is 5.56 Å². The molecule has 1 aromatic heterocycles. The van der Waals surface area contributed by atoms with Crippen molar-refractivity contribution in [2.45, 2.75) is 13.5 Å². The summed E-state index contributed by atoms with van der Waals surface area (Å²) >= 11 is 0. The van der Waals surface area contributed by atoms with Gasteiger partial charge in [0.25, 0.3) is 5.91 Å². The molecule has 7 heteroatoms. The van der Waals surface area contributed by atoms with Gasteiger partial charge in [0.1, 0.15) is 17.8 Å². The van der Waals surface area contributed by atoms with Gasteiger partial charge in [-0.15, -0.1) is 5.10 Å². The maximum atomic E-state index is 12.3. The fourth-order valence-electron chi connectivity index (χ4n) is 3.06. The van der Waals surface area contributed by atoms with Crippen LogP contribution in [0.1, 0.15) is 12.5 Å². The molecule has 4 aromatic rings. The summed E-state index contributed by atoms with van der Waals surface area (Å²) in [6.45, 7) is 2.51. The maximum Gasteiger partial charge on any atom is 0.261 e. The summed E-state index contributed by atoms with van der Waals surface area (Å²) in [5.41, 5.74) is 4.93. The molecule has 0 spiro atoms. The van der Waals surface area contributed by atoms with Crippen molar-refractivity contribution in [1.29, 1.82) is 0 Å². The minimum absolute atomic E-state index is 0.0334. The normalized spacial score (nSPS) is 11.3. The summed E-state index contributed by atoms with van der Waals surface area (Å²) in [7, 11) is 0. The van der Waals surface area contributed by atoms with E-state index in [0.29, 0.717) is 6.61 Å². The Hall–Kier alpha value is -3.74. The molecule has 0 saturated heterocycles. The average Bonchev–Trinajstić information content (AvgIpc) is 3.12. The van der Waals surface area contributed by atoms with Crippen molar-refractivity contribution in [3.05, 3.63) is 66.2 Å². The standard InChI is InChI=1S/C21H19N5O2/c1-2-28-20-12-11-15-7-3-4-8-16(15)17(20)13-22-24-21(27)14-26-19-10-6-5-9-18(19)23-25-26/h3-13H,2,14H2,1H3,(H,24,27)/b22-13-. The van der Waals surface area contributed by atoms with E-state index in [1.165, 1.54) is 0 Å². The number of hydrogen-bond acceptors (Lipinski definition) is 5. The predicted octanol–water partition coefficient (Wildman–Crippen LogP) is 3.13. The van der Waals surface area contributed by atoms with E-state index in [9.17, 15) is 4.79 Å². The van der Waals surface area contributed by atoms with Crippen LogP contribution in [-0.4, -0.2) is 33.7 Å². The van der Waals surface area contributed by atoms with E-state index in [4.69, 9.17) is 4.74 Å². The van der Waals surface area contributed by atoms with Crippen LogP contribution >= 0.6 is 0 Å². The number of aromatic nitrogens is 3. The van der Waals surface area contributed by atoms with Crippen molar-refractivity contribution in [2.75, 3.05) is 6.61 Å². The highest BCUT2D eigenvalue weighted by Gasteiger charge is 2.09. The lowest BCUT2D eigenvalue weighted by Crippen LogP contribution is -2.23. The monoisotopic (exact) mass is 373 g/mol. The molecule has 1 heterocycles. The molecule has 28 heavy (non-hydrogen) atoms. The van der Waals surface area contributed by atoms with Gasteiger partial charge in [-0.05, 0) is 35.9 Å². The van der Waals surface area contributed by atoms with Crippen LogP contribution < -0.4 is 10.2 Å². The number of carbonyl (C=O) groups is 1. The van der Waals surface area contributed by atoms with Crippen LogP contribution in [0.15, 0.2) is 65.8 Å². The Morgan fingerprint density at radius 1 is 1.14 bits per heavy atom. The highest BCUT2D eigenvalue weighted by molar-refractivity contribution is 6.02. The van der Waals surface area contributed by atoms with Crippen LogP contribution in [0.25, 0.3) is 21.8 Å². The zero-order valence-electron chi connectivity index (χ0n) is 15.4. The van der Waals surface area contributed by atoms with Gasteiger partial charge >= 0.3 is 0 Å². The minimum atomic E-state index is -0.287. The molecule has 0 radical (unpaired) electrons. The molecule has 3 aromatic carbocycles. The number of para-hydroxylation sites is 1. The van der Waals surface area contributed by atoms with Crippen molar-refractivity contribution in [1.82, 2.24) is 20.4 Å². The molecule has 0 saturated carbocycles. The lowest BCUT2D eigenvalue weighted by atomic mass is 10.0. The molecule has 4 rings (SSSR count). The van der Waals surface area contributed by atoms with Crippen LogP contribution in [0.3, 0.4) is 0 Å². The van der Waals surface area contributed by atoms with Crippen molar-refractivity contribution >= 4 is 33.9 Å². The summed E-state index contributed by atoms with van der Waals surface area (Å²) in [5, 5.41) is 14.3. The highest BCUT2D eigenvalue weighted by atomic mass is 16.5. The molecular weight excluding hydrogens is 354 g/mol. The van der Waals surface area contributed by atoms with Crippen LogP contribution in [0.4, 0.5) is 0 Å². The predicted molar refractivity (Wildman–Crippen MR) is 108 cm³/mol. The van der Waals surface area contributed by atoms with Crippen molar-refractivity contribution in [3.8, 4) is 5.75 Å². The molecular formula is C21H19N5O2. The van der Waals surface area contributed by atoms with Gasteiger partial charge in [0.2, 0.25) is 0 Å². The molecule has 0 aliphatic carbocycles. The molecule has 0 unspecified atom stereocenters. The van der Waals surface area contributed by atoms with E-state index in [1.54, 1.807) is 10.9 Å². The molecule has 1 amide bonds. The summed E-state index contributed by atoms with van der Waals surface area (Å²) in [6.07, 6.45) is 1.62. The summed E-state index contributed by atoms with van der Waals surface area (Å²) < 4.78 is 7.26. The summed E-state index contributed by atoms with van der Waals surface area (Å²) in [6, 6.07) is 19.4. The summed E-state index contributed by atoms with van der Waals surface area (Å²) in [4.78, 5) is 12.3. The number of carbonyl (C=O) groups excluding carboxylic acids is 1. The lowest BCUT2D eigenvalue weighted by Gasteiger charge is -2.10. The molecule has 0 atom stereocenters. The zero-order valence-corrected chi connectivity index (χ0v) is 15.4. The Morgan fingerprint density at radius 3 is 2.86 bits per heavy atom. The van der Waals surface area contributed by atoms with E-state index in [1.807, 2.05) is 67.6 Å². The fraction of sp³-hybridized carbons (Fsp3) is 0.143. The Balaban J connectivity index is 1.53. The number of amides is 1. The number of nitrogens with zero attached hydrogens (tertiary/aromatic N) is 4. The van der Waals surface area contributed by atoms with Gasteiger partial charge < -0.3 is 4.74 Å². The van der Waals surface area contributed by atoms with Crippen LogP contribution in [0.2, 0.25) is 0 Å². The Morgan fingerprint density at radius 2 is 1.96 bits per heavy atom. The molecule has 1 N–H and O–H groups in total. The Labute approximate surface area is 161 Å². The second-order valence-electron chi connectivity index (χ2n) is 6.16. The Kier molecular flexibility index (Phi) is 4.97. The topological polar surface area (TPSA) is 81.4 Å². The van der Waals surface area contributed by atoms with Gasteiger partial charge in [0.05, 0.1) is 18.3 Å². The third-order valence-electron chi connectivity index (χ3n) is 4.33. The Bertz CT molecular complexity index is 1170. The first-order chi connectivity index (χ1) is 13.8. The number of hydrazone groups is 1. The van der Waals surface area contributed by atoms with Crippen molar-refractivity contribution in [2.24, 2.45) is 5.10 Å². The van der Waals surface area contributed by atoms with E-state index in [-0.39, 0.29) is 12.5 Å². The van der Waals surface area contributed by atoms with Gasteiger partial charge in [0.15, 0.2) is 0 Å². The molecule has 0 bridgehead atoms. The van der Waals surface area contributed by atoms with Crippen LogP contribution in [0.5, 0.6) is 5.75 Å². The number of nitrogens with one attached hydrogen (secondary N) is 1. The zero-order chi connectivity index (χ0) is 19.3. The molecule has 0 aliphatic heterocycles. The van der Waals surface area contributed by atoms with E-state index in [2.05, 4.69) is 20.8 Å². The molecule has 7 nitrogen and oxygen atoms in total. The smallest absolute Gasteiger partial charge is 0.261 e. The second kappa shape index (κ2) is 7.87. The SMILES string of the molecule is CCOc1ccc2ccccc2c1/C=N\NC(=O)Cn1nnc2ccccc21. The first-order valence-electron chi connectivity index (χ1n) is 9.01. The lowest BCUT2D eigenvalue weighted by molar-refractivity contribution is -0.121. The molecule has 140 valence electrons. The first kappa shape index (κ1) is 17.7. The van der Waals surface area contributed by atoms with Crippen LogP contribution in [0, 0.1) is 0 Å². The maximum absolute atomic E-state index is 12.3. The average molecular weight is 373 g/mol.